The zero-order chi connectivity index (χ0) is 20.8. The number of nitrogens with one attached hydrogen (secondary N) is 2. The van der Waals surface area contributed by atoms with Crippen molar-refractivity contribution in [2.75, 3.05) is 32.0 Å². The molecule has 0 saturated heterocycles. The van der Waals surface area contributed by atoms with Crippen LogP contribution in [0.15, 0.2) is 60.7 Å². The second kappa shape index (κ2) is 9.01. The van der Waals surface area contributed by atoms with Gasteiger partial charge in [0.05, 0.1) is 27.0 Å². The third-order valence-electron chi connectivity index (χ3n) is 4.43. The van der Waals surface area contributed by atoms with E-state index in [0.717, 1.165) is 22.7 Å². The average Bonchev–Trinajstić information content (AvgIpc) is 2.74. The molecule has 1 amide bonds. The summed E-state index contributed by atoms with van der Waals surface area (Å²) in [6, 6.07) is 18.6. The number of benzene rings is 3. The Labute approximate surface area is 170 Å². The molecule has 150 valence electrons. The Morgan fingerprint density at radius 2 is 1.34 bits per heavy atom. The lowest BCUT2D eigenvalue weighted by atomic mass is 10.1. The van der Waals surface area contributed by atoms with Crippen molar-refractivity contribution in [3.63, 3.8) is 0 Å². The molecule has 0 radical (unpaired) electrons. The fourth-order valence-corrected chi connectivity index (χ4v) is 2.98. The quantitative estimate of drug-likeness (QED) is 0.591. The summed E-state index contributed by atoms with van der Waals surface area (Å²) in [7, 11) is 4.68. The van der Waals surface area contributed by atoms with E-state index in [0.29, 0.717) is 22.7 Å². The highest BCUT2D eigenvalue weighted by molar-refractivity contribution is 6.08. The van der Waals surface area contributed by atoms with E-state index in [2.05, 4.69) is 10.6 Å². The van der Waals surface area contributed by atoms with Crippen LogP contribution in [0, 0.1) is 6.92 Å². The monoisotopic (exact) mass is 392 g/mol. The lowest BCUT2D eigenvalue weighted by molar-refractivity contribution is 0.102. The van der Waals surface area contributed by atoms with Crippen LogP contribution in [0.4, 0.5) is 17.1 Å². The maximum Gasteiger partial charge on any atom is 0.263 e. The van der Waals surface area contributed by atoms with Crippen LogP contribution in [-0.2, 0) is 0 Å². The number of carbonyl (C=O) groups is 1. The van der Waals surface area contributed by atoms with Gasteiger partial charge in [0, 0.05) is 11.4 Å². The Bertz CT molecular complexity index is 978. The molecule has 0 fully saturated rings. The minimum absolute atomic E-state index is 0.305. The molecule has 3 aromatic carbocycles. The van der Waals surface area contributed by atoms with Crippen molar-refractivity contribution in [1.29, 1.82) is 0 Å². The summed E-state index contributed by atoms with van der Waals surface area (Å²) in [6.07, 6.45) is 0. The number of ether oxygens (including phenoxy) is 3. The number of amides is 1. The zero-order valence-corrected chi connectivity index (χ0v) is 16.9. The molecule has 0 aliphatic carbocycles. The van der Waals surface area contributed by atoms with Crippen LogP contribution in [-0.4, -0.2) is 27.2 Å². The van der Waals surface area contributed by atoms with Gasteiger partial charge in [-0.05, 0) is 61.0 Å². The molecule has 0 saturated carbocycles. The van der Waals surface area contributed by atoms with Crippen molar-refractivity contribution in [3.8, 4) is 17.2 Å². The topological polar surface area (TPSA) is 68.8 Å². The Kier molecular flexibility index (Phi) is 6.24. The number of carbonyl (C=O) groups excluding carboxylic acids is 1. The van der Waals surface area contributed by atoms with E-state index in [1.165, 1.54) is 14.2 Å². The highest BCUT2D eigenvalue weighted by atomic mass is 16.5. The first-order valence-corrected chi connectivity index (χ1v) is 9.09. The van der Waals surface area contributed by atoms with Gasteiger partial charge in [0.1, 0.15) is 22.8 Å². The van der Waals surface area contributed by atoms with E-state index in [1.54, 1.807) is 25.3 Å². The Hall–Kier alpha value is -3.67. The van der Waals surface area contributed by atoms with Gasteiger partial charge in [-0.15, -0.1) is 0 Å². The third-order valence-corrected chi connectivity index (χ3v) is 4.43. The van der Waals surface area contributed by atoms with Gasteiger partial charge in [0.2, 0.25) is 0 Å². The maximum absolute atomic E-state index is 12.8. The van der Waals surface area contributed by atoms with Crippen molar-refractivity contribution in [1.82, 2.24) is 0 Å². The molecule has 0 heterocycles. The highest BCUT2D eigenvalue weighted by Gasteiger charge is 2.18. The smallest absolute Gasteiger partial charge is 0.263 e. The van der Waals surface area contributed by atoms with Crippen LogP contribution in [0.1, 0.15) is 15.9 Å². The number of hydrogen-bond acceptors (Lipinski definition) is 5. The summed E-state index contributed by atoms with van der Waals surface area (Å²) >= 11 is 0. The zero-order valence-electron chi connectivity index (χ0n) is 16.9. The minimum Gasteiger partial charge on any atom is -0.496 e. The molecule has 0 aromatic heterocycles. The molecule has 0 aliphatic heterocycles. The lowest BCUT2D eigenvalue weighted by Gasteiger charge is -2.14. The molecule has 0 spiro atoms. The summed E-state index contributed by atoms with van der Waals surface area (Å²) in [4.78, 5) is 12.8. The average molecular weight is 392 g/mol. The number of rotatable bonds is 7. The van der Waals surface area contributed by atoms with Gasteiger partial charge in [0.15, 0.2) is 0 Å². The highest BCUT2D eigenvalue weighted by Crippen LogP contribution is 2.31. The van der Waals surface area contributed by atoms with Gasteiger partial charge in [-0.2, -0.15) is 0 Å². The van der Waals surface area contributed by atoms with E-state index in [9.17, 15) is 4.79 Å². The summed E-state index contributed by atoms with van der Waals surface area (Å²) in [5.74, 6) is 1.36. The van der Waals surface area contributed by atoms with Crippen LogP contribution in [0.5, 0.6) is 17.2 Å². The Morgan fingerprint density at radius 3 is 1.93 bits per heavy atom. The minimum atomic E-state index is -0.305. The number of methoxy groups -OCH3 is 3. The molecule has 0 bridgehead atoms. The molecule has 6 heteroatoms. The van der Waals surface area contributed by atoms with E-state index < -0.39 is 0 Å². The first kappa shape index (κ1) is 20.1. The first-order chi connectivity index (χ1) is 14.0. The van der Waals surface area contributed by atoms with Crippen molar-refractivity contribution in [2.24, 2.45) is 0 Å². The molecule has 3 aromatic rings. The summed E-state index contributed by atoms with van der Waals surface area (Å²) < 4.78 is 16.0. The van der Waals surface area contributed by atoms with Gasteiger partial charge in [-0.1, -0.05) is 12.1 Å². The van der Waals surface area contributed by atoms with E-state index in [-0.39, 0.29) is 5.91 Å². The van der Waals surface area contributed by atoms with Gasteiger partial charge in [0.25, 0.3) is 5.91 Å². The SMILES string of the molecule is COc1ccc(C)cc1Nc1ccc(NC(=O)c2c(OC)cccc2OC)cc1. The molecular formula is C23H24N2O4. The second-order valence-corrected chi connectivity index (χ2v) is 6.40. The van der Waals surface area contributed by atoms with E-state index in [4.69, 9.17) is 14.2 Å². The number of aryl methyl sites for hydroxylation is 1. The fourth-order valence-electron chi connectivity index (χ4n) is 2.98. The van der Waals surface area contributed by atoms with Crippen molar-refractivity contribution in [3.05, 3.63) is 71.8 Å². The molecular weight excluding hydrogens is 368 g/mol. The predicted molar refractivity (Wildman–Crippen MR) is 115 cm³/mol. The normalized spacial score (nSPS) is 10.2. The predicted octanol–water partition coefficient (Wildman–Crippen LogP) is 5.02. The summed E-state index contributed by atoms with van der Waals surface area (Å²) in [6.45, 7) is 2.02. The maximum atomic E-state index is 12.8. The molecule has 2 N–H and O–H groups in total. The molecule has 6 nitrogen and oxygen atoms in total. The van der Waals surface area contributed by atoms with Gasteiger partial charge in [-0.3, -0.25) is 4.79 Å². The van der Waals surface area contributed by atoms with E-state index in [1.807, 2.05) is 49.4 Å². The summed E-state index contributed by atoms with van der Waals surface area (Å²) in [5, 5.41) is 6.21. The molecule has 29 heavy (non-hydrogen) atoms. The van der Waals surface area contributed by atoms with Gasteiger partial charge in [-0.25, -0.2) is 0 Å². The van der Waals surface area contributed by atoms with Crippen molar-refractivity contribution < 1.29 is 19.0 Å². The first-order valence-electron chi connectivity index (χ1n) is 9.09. The fraction of sp³-hybridized carbons (Fsp3) is 0.174. The third kappa shape index (κ3) is 4.60. The van der Waals surface area contributed by atoms with E-state index >= 15 is 0 Å². The van der Waals surface area contributed by atoms with Crippen LogP contribution >= 0.6 is 0 Å². The van der Waals surface area contributed by atoms with Gasteiger partial charge >= 0.3 is 0 Å². The largest absolute Gasteiger partial charge is 0.496 e. The summed E-state index contributed by atoms with van der Waals surface area (Å²) in [5.41, 5.74) is 3.89. The lowest BCUT2D eigenvalue weighted by Crippen LogP contribution is -2.14. The molecule has 3 rings (SSSR count). The Morgan fingerprint density at radius 1 is 0.759 bits per heavy atom. The Balaban J connectivity index is 1.77. The van der Waals surface area contributed by atoms with Crippen LogP contribution in [0.3, 0.4) is 0 Å². The van der Waals surface area contributed by atoms with Crippen molar-refractivity contribution >= 4 is 23.0 Å². The molecule has 0 atom stereocenters. The number of hydrogen-bond donors (Lipinski definition) is 2. The van der Waals surface area contributed by atoms with Crippen LogP contribution in [0.25, 0.3) is 0 Å². The van der Waals surface area contributed by atoms with Crippen LogP contribution in [0.2, 0.25) is 0 Å². The molecule has 0 unspecified atom stereocenters. The second-order valence-electron chi connectivity index (χ2n) is 6.40. The molecule has 0 aliphatic rings. The number of anilines is 3. The van der Waals surface area contributed by atoms with Crippen molar-refractivity contribution in [2.45, 2.75) is 6.92 Å². The van der Waals surface area contributed by atoms with Gasteiger partial charge < -0.3 is 24.8 Å². The standard InChI is InChI=1S/C23H24N2O4/c1-15-8-13-19(27-2)18(14-15)24-16-9-11-17(12-10-16)25-23(26)22-20(28-3)6-5-7-21(22)29-4/h5-14,24H,1-4H3,(H,25,26). The van der Waals surface area contributed by atoms with Crippen LogP contribution < -0.4 is 24.8 Å².